The number of hydrogen-bond acceptors (Lipinski definition) is 9. The maximum absolute atomic E-state index is 12.9. The fraction of sp³-hybridized carbons (Fsp3) is 0.500. The van der Waals surface area contributed by atoms with Gasteiger partial charge >= 0.3 is 11.9 Å². The van der Waals surface area contributed by atoms with E-state index in [1.807, 2.05) is 19.9 Å². The first-order valence-electron chi connectivity index (χ1n) is 10.6. The first-order chi connectivity index (χ1) is 15.8. The zero-order valence-electron chi connectivity index (χ0n) is 18.5. The molecule has 11 heteroatoms. The molecule has 0 radical (unpaired) electrons. The van der Waals surface area contributed by atoms with Gasteiger partial charge in [0.25, 0.3) is 5.69 Å². The number of nitrogens with zero attached hydrogens (tertiary/aromatic N) is 2. The Morgan fingerprint density at radius 1 is 1.27 bits per heavy atom. The Bertz CT molecular complexity index is 987. The molecule has 2 rings (SSSR count). The number of unbranched alkanes of at least 4 members (excludes halogenated alkanes) is 2. The van der Waals surface area contributed by atoms with E-state index in [1.165, 1.54) is 12.1 Å². The van der Waals surface area contributed by atoms with Crippen LogP contribution < -0.4 is 10.5 Å². The van der Waals surface area contributed by atoms with Crippen LogP contribution in [-0.4, -0.2) is 30.1 Å². The molecule has 0 aliphatic carbocycles. The number of nitrogens with two attached hydrogens (primary N) is 1. The zero-order chi connectivity index (χ0) is 24.5. The normalized spacial score (nSPS) is 15.6. The molecule has 178 valence electrons. The molecule has 10 nitrogen and oxygen atoms in total. The van der Waals surface area contributed by atoms with Gasteiger partial charge in [0.2, 0.25) is 5.88 Å². The van der Waals surface area contributed by atoms with Crippen molar-refractivity contribution in [2.24, 2.45) is 11.7 Å². The van der Waals surface area contributed by atoms with Gasteiger partial charge < -0.3 is 19.9 Å². The summed E-state index contributed by atoms with van der Waals surface area (Å²) in [6, 6.07) is 4.37. The molecule has 0 aromatic heterocycles. The number of rotatable bonds is 11. The van der Waals surface area contributed by atoms with Crippen LogP contribution in [0.4, 0.5) is 5.69 Å². The van der Waals surface area contributed by atoms with Crippen LogP contribution in [0.25, 0.3) is 0 Å². The molecular formula is C22H26BrN3O7. The van der Waals surface area contributed by atoms with Crippen LogP contribution in [0, 0.1) is 27.4 Å². The number of hydrogen-bond donors (Lipinski definition) is 1. The van der Waals surface area contributed by atoms with Crippen LogP contribution in [-0.2, 0) is 24.4 Å². The van der Waals surface area contributed by atoms with E-state index in [4.69, 9.17) is 19.9 Å². The Hall–Kier alpha value is -3.13. The third-order valence-electron chi connectivity index (χ3n) is 5.08. The van der Waals surface area contributed by atoms with Crippen molar-refractivity contribution in [1.29, 1.82) is 5.26 Å². The van der Waals surface area contributed by atoms with Crippen molar-refractivity contribution in [3.63, 3.8) is 0 Å². The number of carbonyl (C=O) groups excluding carboxylic acids is 2. The van der Waals surface area contributed by atoms with Gasteiger partial charge in [0.1, 0.15) is 11.3 Å². The van der Waals surface area contributed by atoms with E-state index in [0.29, 0.717) is 18.4 Å². The van der Waals surface area contributed by atoms with Crippen LogP contribution in [0.3, 0.4) is 0 Å². The van der Waals surface area contributed by atoms with Crippen LogP contribution in [0.15, 0.2) is 23.6 Å². The topological polar surface area (TPSA) is 155 Å². The maximum atomic E-state index is 12.9. The van der Waals surface area contributed by atoms with E-state index in [-0.39, 0.29) is 47.0 Å². The van der Waals surface area contributed by atoms with E-state index in [1.54, 1.807) is 0 Å². The molecule has 1 aromatic carbocycles. The third-order valence-corrected chi connectivity index (χ3v) is 5.68. The molecule has 1 aromatic rings. The predicted octanol–water partition coefficient (Wildman–Crippen LogP) is 3.96. The van der Waals surface area contributed by atoms with Gasteiger partial charge in [0.05, 0.1) is 30.1 Å². The van der Waals surface area contributed by atoms with Gasteiger partial charge in [-0.05, 0) is 12.8 Å². The van der Waals surface area contributed by atoms with Crippen molar-refractivity contribution < 1.29 is 28.7 Å². The number of nitro groups is 1. The van der Waals surface area contributed by atoms with E-state index in [9.17, 15) is 25.0 Å². The lowest BCUT2D eigenvalue weighted by atomic mass is 9.78. The molecule has 2 unspecified atom stereocenters. The van der Waals surface area contributed by atoms with Crippen LogP contribution in [0.5, 0.6) is 5.75 Å². The Labute approximate surface area is 199 Å². The molecule has 33 heavy (non-hydrogen) atoms. The van der Waals surface area contributed by atoms with Gasteiger partial charge in [0.15, 0.2) is 5.92 Å². The van der Waals surface area contributed by atoms with Crippen molar-refractivity contribution >= 4 is 33.6 Å². The second-order valence-corrected chi connectivity index (χ2v) is 7.95. The van der Waals surface area contributed by atoms with Crippen LogP contribution >= 0.6 is 15.9 Å². The molecule has 0 fully saturated rings. The van der Waals surface area contributed by atoms with Gasteiger partial charge in [-0.2, -0.15) is 5.26 Å². The highest BCUT2D eigenvalue weighted by Crippen LogP contribution is 2.47. The summed E-state index contributed by atoms with van der Waals surface area (Å²) in [4.78, 5) is 36.7. The zero-order valence-corrected chi connectivity index (χ0v) is 20.1. The van der Waals surface area contributed by atoms with Crippen molar-refractivity contribution in [2.75, 3.05) is 13.2 Å². The highest BCUT2D eigenvalue weighted by molar-refractivity contribution is 9.08. The Morgan fingerprint density at radius 2 is 1.91 bits per heavy atom. The molecule has 0 spiro atoms. The Kier molecular flexibility index (Phi) is 9.66. The fourth-order valence-corrected chi connectivity index (χ4v) is 3.78. The minimum atomic E-state index is -1.50. The van der Waals surface area contributed by atoms with Gasteiger partial charge in [-0.15, -0.1) is 0 Å². The van der Waals surface area contributed by atoms with Crippen molar-refractivity contribution in [1.82, 2.24) is 0 Å². The largest absolute Gasteiger partial charge is 0.465 e. The highest BCUT2D eigenvalue weighted by atomic mass is 79.9. The average molecular weight is 524 g/mol. The maximum Gasteiger partial charge on any atom is 0.340 e. The smallest absolute Gasteiger partial charge is 0.340 e. The quantitative estimate of drug-likeness (QED) is 0.149. The standard InChI is InChI=1S/C22H26BrN3O7/c1-3-5-7-31-21(27)16(12-24)17-15-10-14(26(29)30)9-13(11-23)19(15)33-20(25)18(17)22(28)32-8-6-4-2/h9-10,16-17H,3-8,11,25H2,1-2H3. The first-order valence-corrected chi connectivity index (χ1v) is 11.7. The Morgan fingerprint density at radius 3 is 2.45 bits per heavy atom. The van der Waals surface area contributed by atoms with Gasteiger partial charge in [-0.3, -0.25) is 14.9 Å². The number of nitro benzene ring substituents is 1. The summed E-state index contributed by atoms with van der Waals surface area (Å²) in [5, 5.41) is 21.6. The number of benzene rings is 1. The molecule has 1 aliphatic heterocycles. The van der Waals surface area contributed by atoms with Crippen molar-refractivity contribution in [3.8, 4) is 11.8 Å². The molecule has 1 aliphatic rings. The summed E-state index contributed by atoms with van der Waals surface area (Å²) in [5.74, 6) is -4.66. The second kappa shape index (κ2) is 12.2. The lowest BCUT2D eigenvalue weighted by Crippen LogP contribution is -2.34. The van der Waals surface area contributed by atoms with Gasteiger partial charge in [-0.25, -0.2) is 4.79 Å². The molecule has 2 atom stereocenters. The minimum absolute atomic E-state index is 0.0979. The number of carbonyl (C=O) groups is 2. The predicted molar refractivity (Wildman–Crippen MR) is 121 cm³/mol. The lowest BCUT2D eigenvalue weighted by molar-refractivity contribution is -0.385. The molecule has 1 heterocycles. The summed E-state index contributed by atoms with van der Waals surface area (Å²) in [5.41, 5.74) is 6.04. The number of non-ortho nitro benzene ring substituents is 1. The van der Waals surface area contributed by atoms with Crippen LogP contribution in [0.2, 0.25) is 0 Å². The average Bonchev–Trinajstić information content (AvgIpc) is 2.79. The van der Waals surface area contributed by atoms with E-state index in [2.05, 4.69) is 15.9 Å². The minimum Gasteiger partial charge on any atom is -0.465 e. The fourth-order valence-electron chi connectivity index (χ4n) is 3.36. The Balaban J connectivity index is 2.65. The van der Waals surface area contributed by atoms with E-state index < -0.39 is 28.7 Å². The number of esters is 2. The first kappa shape index (κ1) is 26.1. The molecule has 0 bridgehead atoms. The summed E-state index contributed by atoms with van der Waals surface area (Å²) < 4.78 is 16.2. The number of nitriles is 1. The summed E-state index contributed by atoms with van der Waals surface area (Å²) in [6.07, 6.45) is 2.74. The van der Waals surface area contributed by atoms with E-state index in [0.717, 1.165) is 12.8 Å². The van der Waals surface area contributed by atoms with E-state index >= 15 is 0 Å². The number of halogens is 1. The van der Waals surface area contributed by atoms with Crippen molar-refractivity contribution in [3.05, 3.63) is 44.8 Å². The highest BCUT2D eigenvalue weighted by Gasteiger charge is 2.44. The summed E-state index contributed by atoms with van der Waals surface area (Å²) in [7, 11) is 0. The number of alkyl halides is 1. The molecule has 0 amide bonds. The number of fused-ring (bicyclic) bond motifs is 1. The van der Waals surface area contributed by atoms with Crippen molar-refractivity contribution in [2.45, 2.75) is 50.8 Å². The lowest BCUT2D eigenvalue weighted by Gasteiger charge is -2.30. The number of ether oxygens (including phenoxy) is 3. The third kappa shape index (κ3) is 6.01. The second-order valence-electron chi connectivity index (χ2n) is 7.39. The monoisotopic (exact) mass is 523 g/mol. The summed E-state index contributed by atoms with van der Waals surface area (Å²) in [6.45, 7) is 4.04. The summed E-state index contributed by atoms with van der Waals surface area (Å²) >= 11 is 3.26. The van der Waals surface area contributed by atoms with Gasteiger partial charge in [0, 0.05) is 28.6 Å². The van der Waals surface area contributed by atoms with Gasteiger partial charge in [-0.1, -0.05) is 42.6 Å². The molecule has 0 saturated heterocycles. The molecule has 2 N–H and O–H groups in total. The molecular weight excluding hydrogens is 498 g/mol. The molecule has 0 saturated carbocycles. The van der Waals surface area contributed by atoms with Crippen LogP contribution in [0.1, 0.15) is 56.6 Å². The SMILES string of the molecule is CCCCOC(=O)C1=C(N)Oc2c(CBr)cc([N+](=O)[O-])cc2C1C(C#N)C(=O)OCCCC.